The van der Waals surface area contributed by atoms with E-state index in [2.05, 4.69) is 51.9 Å². The molecule has 0 aliphatic heterocycles. The number of nitrogens with zero attached hydrogens (tertiary/aromatic N) is 6. The Morgan fingerprint density at radius 3 is 1.12 bits per heavy atom. The monoisotopic (exact) mass is 727 g/mol. The second-order valence-corrected chi connectivity index (χ2v) is 7.64. The van der Waals surface area contributed by atoms with E-state index in [4.69, 9.17) is 40.7 Å². The quantitative estimate of drug-likeness (QED) is 0.158. The Morgan fingerprint density at radius 2 is 0.814 bits per heavy atom. The Bertz CT molecular complexity index is 1650. The molecule has 10 heteroatoms. The summed E-state index contributed by atoms with van der Waals surface area (Å²) in [5.41, 5.74) is 5.56. The van der Waals surface area contributed by atoms with Crippen molar-refractivity contribution in [2.45, 2.75) is 0 Å². The van der Waals surface area contributed by atoms with Gasteiger partial charge in [-0.25, -0.2) is 19.4 Å². The van der Waals surface area contributed by atoms with Gasteiger partial charge in [-0.15, -0.1) is 0 Å². The summed E-state index contributed by atoms with van der Waals surface area (Å²) in [7, 11) is 0. The molecule has 0 saturated carbocycles. The molecule has 43 heavy (non-hydrogen) atoms. The molecule has 0 atom stereocenters. The van der Waals surface area contributed by atoms with Crippen LogP contribution in [0, 0.1) is 49.0 Å². The maximum absolute atomic E-state index is 9.44. The van der Waals surface area contributed by atoms with Gasteiger partial charge in [0.1, 0.15) is 0 Å². The van der Waals surface area contributed by atoms with Gasteiger partial charge in [-0.2, -0.15) is 10.5 Å². The van der Waals surface area contributed by atoms with Crippen molar-refractivity contribution in [3.63, 3.8) is 0 Å². The predicted octanol–water partition coefficient (Wildman–Crippen LogP) is 7.81. The molecular formula is C33H15N6O3W-3. The maximum Gasteiger partial charge on any atom is 0.194 e. The van der Waals surface area contributed by atoms with E-state index in [9.17, 15) is 10.5 Å². The number of hydrogen-bond acceptors (Lipinski definition) is 5. The van der Waals surface area contributed by atoms with Crippen molar-refractivity contribution in [1.82, 2.24) is 0 Å². The number of rotatable bonds is 3. The minimum absolute atomic E-state index is 0. The van der Waals surface area contributed by atoms with Gasteiger partial charge in [0, 0.05) is 21.1 Å². The number of carbonyl (C=O) groups excluding carboxylic acids is 3. The van der Waals surface area contributed by atoms with Gasteiger partial charge in [-0.1, -0.05) is 42.5 Å². The fourth-order valence-corrected chi connectivity index (χ4v) is 3.88. The minimum atomic E-state index is 0. The zero-order chi connectivity index (χ0) is 31.7. The molecule has 0 aliphatic rings. The predicted molar refractivity (Wildman–Crippen MR) is 157 cm³/mol. The molecule has 4 aromatic rings. The summed E-state index contributed by atoms with van der Waals surface area (Å²) in [6.45, 7) is 40.0. The van der Waals surface area contributed by atoms with Gasteiger partial charge in [0.15, 0.2) is 22.7 Å². The van der Waals surface area contributed by atoms with Crippen molar-refractivity contribution in [3.8, 4) is 45.5 Å². The summed E-state index contributed by atoms with van der Waals surface area (Å²) in [5, 5.41) is 18.9. The van der Waals surface area contributed by atoms with Crippen molar-refractivity contribution >= 4 is 43.1 Å². The average molecular weight is 727 g/mol. The van der Waals surface area contributed by atoms with Crippen LogP contribution in [-0.2, 0) is 35.4 Å². The molecule has 0 saturated heterocycles. The van der Waals surface area contributed by atoms with E-state index in [1.54, 1.807) is 72.8 Å². The number of benzene rings is 4. The zero-order valence-electron chi connectivity index (χ0n) is 22.0. The molecule has 9 nitrogen and oxygen atoms in total. The van der Waals surface area contributed by atoms with E-state index in [0.29, 0.717) is 67.3 Å². The molecular weight excluding hydrogens is 712 g/mol. The molecule has 0 bridgehead atoms. The van der Waals surface area contributed by atoms with Crippen LogP contribution in [0.15, 0.2) is 72.8 Å². The third kappa shape index (κ3) is 8.50. The summed E-state index contributed by atoms with van der Waals surface area (Å²) in [4.78, 5) is 37.6. The summed E-state index contributed by atoms with van der Waals surface area (Å²) >= 11 is 0. The number of nitriles is 2. The molecule has 0 N–H and O–H groups in total. The van der Waals surface area contributed by atoms with Crippen LogP contribution in [0.4, 0.5) is 22.7 Å². The van der Waals surface area contributed by atoms with Gasteiger partial charge >= 0.3 is 0 Å². The summed E-state index contributed by atoms with van der Waals surface area (Å²) in [6.07, 6.45) is 0. The van der Waals surface area contributed by atoms with Crippen LogP contribution in [0.25, 0.3) is 52.8 Å². The van der Waals surface area contributed by atoms with E-state index < -0.39 is 0 Å². The van der Waals surface area contributed by atoms with Crippen LogP contribution >= 0.6 is 0 Å². The van der Waals surface area contributed by atoms with Gasteiger partial charge in [0.05, 0.1) is 49.6 Å². The molecule has 0 unspecified atom stereocenters. The standard InChI is InChI=1S/C30H12N6.3CHO.W/c1-33-24-7-10-30(36-4)27(16-24)23-14-21(25-11-19(17-31)5-8-28(25)34-2)13-22(15-23)26-12-20(18-32)6-9-29(26)35-3;3*1-2;/h5-16H;3*1H;/q;3*-1;. The zero-order valence-corrected chi connectivity index (χ0v) is 24.9. The Morgan fingerprint density at radius 1 is 0.488 bits per heavy atom. The molecule has 0 amide bonds. The second-order valence-electron chi connectivity index (χ2n) is 7.64. The van der Waals surface area contributed by atoms with Crippen molar-refractivity contribution in [3.05, 3.63) is 130 Å². The van der Waals surface area contributed by atoms with E-state index in [1.807, 2.05) is 0 Å². The van der Waals surface area contributed by atoms with Crippen LogP contribution in [0.2, 0.25) is 0 Å². The van der Waals surface area contributed by atoms with Crippen LogP contribution in [0.1, 0.15) is 11.1 Å². The summed E-state index contributed by atoms with van der Waals surface area (Å²) < 4.78 is 0. The van der Waals surface area contributed by atoms with Crippen LogP contribution in [0.3, 0.4) is 0 Å². The van der Waals surface area contributed by atoms with Gasteiger partial charge in [0.2, 0.25) is 0 Å². The molecule has 0 aromatic heterocycles. The van der Waals surface area contributed by atoms with Gasteiger partial charge in [-0.3, -0.25) is 20.4 Å². The number of hydrogen-bond donors (Lipinski definition) is 0. The van der Waals surface area contributed by atoms with E-state index in [0.717, 1.165) is 0 Å². The van der Waals surface area contributed by atoms with Crippen LogP contribution in [0.5, 0.6) is 0 Å². The molecule has 0 heterocycles. The molecule has 0 fully saturated rings. The Balaban J connectivity index is 0.00000237. The van der Waals surface area contributed by atoms with Crippen molar-refractivity contribution in [2.24, 2.45) is 0 Å². The van der Waals surface area contributed by atoms with E-state index in [-0.39, 0.29) is 21.1 Å². The van der Waals surface area contributed by atoms with Crippen molar-refractivity contribution in [1.29, 1.82) is 10.5 Å². The Hall–Kier alpha value is -6.48. The Kier molecular flexibility index (Phi) is 15.9. The molecule has 0 spiro atoms. The first-order chi connectivity index (χ1) is 20.5. The fraction of sp³-hybridized carbons (Fsp3) is 0. The third-order valence-corrected chi connectivity index (χ3v) is 5.59. The molecule has 204 valence electrons. The Labute approximate surface area is 263 Å². The van der Waals surface area contributed by atoms with Crippen LogP contribution in [-0.4, -0.2) is 20.4 Å². The molecule has 0 radical (unpaired) electrons. The van der Waals surface area contributed by atoms with Gasteiger partial charge in [-0.05, 0) is 63.7 Å². The largest absolute Gasteiger partial charge is 0.545 e. The SMILES string of the molecule is [C-]#[N+]c1ccc([N+]#[C-])c(-c2cc(-c3cc(C#N)ccc3[N+]#[C-])cc(-c3cc(C#N)ccc3[N+]#[C-])c2)c1.[CH-]=O.[CH-]=O.[CH-]=O.[W]. The normalized spacial score (nSPS) is 8.23. The topological polar surface area (TPSA) is 116 Å². The first kappa shape index (κ1) is 36.5. The molecule has 0 aliphatic carbocycles. The smallest absolute Gasteiger partial charge is 0.194 e. The van der Waals surface area contributed by atoms with Crippen molar-refractivity contribution < 1.29 is 35.4 Å². The average Bonchev–Trinajstić information content (AvgIpc) is 3.09. The molecule has 4 aromatic carbocycles. The van der Waals surface area contributed by atoms with Crippen LogP contribution < -0.4 is 0 Å². The molecule has 4 rings (SSSR count). The third-order valence-electron chi connectivity index (χ3n) is 5.59. The first-order valence-electron chi connectivity index (χ1n) is 11.1. The first-order valence-corrected chi connectivity index (χ1v) is 11.1. The summed E-state index contributed by atoms with van der Waals surface area (Å²) in [5.74, 6) is 0. The maximum atomic E-state index is 9.44. The van der Waals surface area contributed by atoms with Gasteiger partial charge in [0.25, 0.3) is 0 Å². The minimum Gasteiger partial charge on any atom is -0.545 e. The van der Waals surface area contributed by atoms with Gasteiger partial charge < -0.3 is 14.4 Å². The summed E-state index contributed by atoms with van der Waals surface area (Å²) in [6, 6.07) is 24.0. The fourth-order valence-electron chi connectivity index (χ4n) is 3.88. The van der Waals surface area contributed by atoms with E-state index >= 15 is 0 Å². The van der Waals surface area contributed by atoms with E-state index in [1.165, 1.54) is 0 Å². The van der Waals surface area contributed by atoms with Crippen molar-refractivity contribution in [2.75, 3.05) is 0 Å². The second kappa shape index (κ2) is 18.7.